The Balaban J connectivity index is 3.45. The summed E-state index contributed by atoms with van der Waals surface area (Å²) in [5, 5.41) is 9.40. The molecular weight excluding hydrogens is 552 g/mol. The van der Waals surface area contributed by atoms with Crippen LogP contribution < -0.4 is 0 Å². The van der Waals surface area contributed by atoms with Gasteiger partial charge in [-0.3, -0.25) is 0 Å². The lowest BCUT2D eigenvalue weighted by atomic mass is 10.1. The van der Waals surface area contributed by atoms with Crippen LogP contribution >= 0.6 is 63.7 Å². The Hall–Kier alpha value is -0.440. The monoisotopic (exact) mass is 558 g/mol. The van der Waals surface area contributed by atoms with Gasteiger partial charge in [0.25, 0.3) is 0 Å². The number of carbonyl (C=O) groups is 2. The minimum Gasteiger partial charge on any atom is -0.478 e. The van der Waals surface area contributed by atoms with Crippen molar-refractivity contribution in [2.75, 3.05) is 0 Å². The van der Waals surface area contributed by atoms with Crippen LogP contribution in [0, 0.1) is 0 Å². The molecule has 0 aliphatic carbocycles. The summed E-state index contributed by atoms with van der Waals surface area (Å²) in [6.45, 7) is 7.14. The number of hydrogen-bond acceptors (Lipinski definition) is 3. The number of esters is 1. The van der Waals surface area contributed by atoms with Crippen LogP contribution in [0.4, 0.5) is 0 Å². The summed E-state index contributed by atoms with van der Waals surface area (Å²) in [6.07, 6.45) is 2.84. The highest BCUT2D eigenvalue weighted by molar-refractivity contribution is 9.15. The normalized spacial score (nSPS) is 11.6. The Bertz CT molecular complexity index is 655. The number of rotatable bonds is 6. The van der Waals surface area contributed by atoms with Gasteiger partial charge < -0.3 is 9.84 Å². The van der Waals surface area contributed by atoms with Crippen molar-refractivity contribution < 1.29 is 19.4 Å². The average molecular weight is 562 g/mol. The van der Waals surface area contributed by atoms with Gasteiger partial charge in [0.1, 0.15) is 6.10 Å². The summed E-state index contributed by atoms with van der Waals surface area (Å²) in [5.41, 5.74) is -0.293. The van der Waals surface area contributed by atoms with E-state index in [1.54, 1.807) is 6.08 Å². The van der Waals surface area contributed by atoms with E-state index >= 15 is 0 Å². The lowest BCUT2D eigenvalue weighted by Crippen LogP contribution is -2.19. The van der Waals surface area contributed by atoms with Gasteiger partial charge in [-0.1, -0.05) is 18.7 Å². The molecule has 0 aromatic heterocycles. The fourth-order valence-electron chi connectivity index (χ4n) is 1.58. The van der Waals surface area contributed by atoms with Gasteiger partial charge in [-0.2, -0.15) is 0 Å². The van der Waals surface area contributed by atoms with E-state index < -0.39 is 18.0 Å². The Kier molecular flexibility index (Phi) is 7.51. The second kappa shape index (κ2) is 8.42. The highest BCUT2D eigenvalue weighted by Gasteiger charge is 2.29. The molecule has 0 radical (unpaired) electrons. The summed E-state index contributed by atoms with van der Waals surface area (Å²) in [6, 6.07) is 0. The molecule has 118 valence electrons. The molecule has 0 spiro atoms. The summed E-state index contributed by atoms with van der Waals surface area (Å²) in [7, 11) is 0. The molecule has 1 unspecified atom stereocenters. The predicted octanol–water partition coefficient (Wildman–Crippen LogP) is 5.72. The molecule has 22 heavy (non-hydrogen) atoms. The number of carboxylic acid groups (broad SMARTS) is 1. The van der Waals surface area contributed by atoms with Crippen molar-refractivity contribution in [3.05, 3.63) is 54.3 Å². The lowest BCUT2D eigenvalue weighted by Gasteiger charge is -2.17. The third-order valence-electron chi connectivity index (χ3n) is 2.61. The number of benzene rings is 1. The largest absolute Gasteiger partial charge is 0.478 e. The Morgan fingerprint density at radius 3 is 1.95 bits per heavy atom. The van der Waals surface area contributed by atoms with Crippen molar-refractivity contribution in [2.24, 2.45) is 0 Å². The van der Waals surface area contributed by atoms with Crippen molar-refractivity contribution in [2.45, 2.75) is 12.5 Å². The molecule has 1 rings (SSSR count). The van der Waals surface area contributed by atoms with Gasteiger partial charge in [0.2, 0.25) is 0 Å². The molecule has 1 aromatic carbocycles. The first-order valence-electron chi connectivity index (χ1n) is 5.79. The quantitative estimate of drug-likeness (QED) is 0.209. The summed E-state index contributed by atoms with van der Waals surface area (Å²) < 4.78 is 6.76. The summed E-state index contributed by atoms with van der Waals surface area (Å²) >= 11 is 12.9. The zero-order valence-corrected chi connectivity index (χ0v) is 17.4. The molecule has 1 N–H and O–H groups in total. The average Bonchev–Trinajstić information content (AvgIpc) is 2.47. The zero-order valence-electron chi connectivity index (χ0n) is 11.0. The molecule has 0 aliphatic rings. The predicted molar refractivity (Wildman–Crippen MR) is 98.4 cm³/mol. The molecule has 4 nitrogen and oxygen atoms in total. The molecule has 0 heterocycles. The van der Waals surface area contributed by atoms with E-state index in [-0.39, 0.29) is 20.1 Å². The molecular formula is C14H10Br4O4. The highest BCUT2D eigenvalue weighted by Crippen LogP contribution is 2.42. The maximum atomic E-state index is 12.4. The van der Waals surface area contributed by atoms with Gasteiger partial charge in [0.05, 0.1) is 11.1 Å². The number of carbonyl (C=O) groups excluding carboxylic acids is 1. The highest BCUT2D eigenvalue weighted by atomic mass is 79.9. The molecule has 0 saturated heterocycles. The molecule has 1 atom stereocenters. The van der Waals surface area contributed by atoms with Crippen LogP contribution in [0.3, 0.4) is 0 Å². The molecule has 0 saturated carbocycles. The van der Waals surface area contributed by atoms with Crippen LogP contribution in [-0.4, -0.2) is 23.1 Å². The maximum absolute atomic E-state index is 12.4. The van der Waals surface area contributed by atoms with E-state index in [0.717, 1.165) is 0 Å². The molecule has 8 heteroatoms. The second-order valence-electron chi connectivity index (χ2n) is 4.01. The van der Waals surface area contributed by atoms with Crippen LogP contribution in [0.1, 0.15) is 27.1 Å². The topological polar surface area (TPSA) is 63.6 Å². The number of halogens is 4. The number of carboxylic acids is 1. The Labute approximate surface area is 161 Å². The molecule has 0 aliphatic heterocycles. The standard InChI is InChI=1S/C14H10Br4O4/c1-3-5-6(4-2)22-14(21)8-7(13(19)20)9(15)11(17)12(18)10(8)16/h3-4,6H,1-2,5H2,(H,19,20). The molecule has 0 amide bonds. The van der Waals surface area contributed by atoms with E-state index in [2.05, 4.69) is 76.9 Å². The van der Waals surface area contributed by atoms with Gasteiger partial charge >= 0.3 is 11.9 Å². The van der Waals surface area contributed by atoms with Crippen molar-refractivity contribution in [1.82, 2.24) is 0 Å². The Morgan fingerprint density at radius 2 is 1.55 bits per heavy atom. The summed E-state index contributed by atoms with van der Waals surface area (Å²) in [4.78, 5) is 23.9. The van der Waals surface area contributed by atoms with Gasteiger partial charge in [-0.15, -0.1) is 6.58 Å². The third kappa shape index (κ3) is 4.10. The fraction of sp³-hybridized carbons (Fsp3) is 0.143. The van der Waals surface area contributed by atoms with Crippen LogP contribution in [0.25, 0.3) is 0 Å². The smallest absolute Gasteiger partial charge is 0.340 e. The van der Waals surface area contributed by atoms with E-state index in [9.17, 15) is 14.7 Å². The van der Waals surface area contributed by atoms with Crippen LogP contribution in [0.15, 0.2) is 43.2 Å². The first-order chi connectivity index (χ1) is 10.3. The minimum absolute atomic E-state index is 0.0923. The summed E-state index contributed by atoms with van der Waals surface area (Å²) in [5.74, 6) is -2.03. The maximum Gasteiger partial charge on any atom is 0.340 e. The van der Waals surface area contributed by atoms with Crippen molar-refractivity contribution in [3.63, 3.8) is 0 Å². The first-order valence-corrected chi connectivity index (χ1v) is 8.97. The molecule has 1 aromatic rings. The van der Waals surface area contributed by atoms with E-state index in [0.29, 0.717) is 15.4 Å². The second-order valence-corrected chi connectivity index (χ2v) is 7.19. The van der Waals surface area contributed by atoms with E-state index in [4.69, 9.17) is 4.74 Å². The number of hydrogen-bond donors (Lipinski definition) is 1. The number of ether oxygens (including phenoxy) is 1. The molecule has 0 bridgehead atoms. The zero-order chi connectivity index (χ0) is 17.0. The third-order valence-corrected chi connectivity index (χ3v) is 7.37. The lowest BCUT2D eigenvalue weighted by molar-refractivity contribution is 0.0391. The van der Waals surface area contributed by atoms with Crippen molar-refractivity contribution >= 4 is 75.7 Å². The van der Waals surface area contributed by atoms with Gasteiger partial charge in [0, 0.05) is 24.3 Å². The van der Waals surface area contributed by atoms with Crippen LogP contribution in [-0.2, 0) is 4.74 Å². The van der Waals surface area contributed by atoms with Crippen LogP contribution in [0.5, 0.6) is 0 Å². The number of aromatic carboxylic acids is 1. The Morgan fingerprint density at radius 1 is 1.05 bits per heavy atom. The van der Waals surface area contributed by atoms with Gasteiger partial charge in [-0.25, -0.2) is 9.59 Å². The first kappa shape index (κ1) is 19.6. The van der Waals surface area contributed by atoms with E-state index in [1.165, 1.54) is 6.08 Å². The van der Waals surface area contributed by atoms with Crippen molar-refractivity contribution in [1.29, 1.82) is 0 Å². The van der Waals surface area contributed by atoms with Gasteiger partial charge in [-0.05, 0) is 63.7 Å². The van der Waals surface area contributed by atoms with E-state index in [1.807, 2.05) is 0 Å². The SMILES string of the molecule is C=CCC(C=C)OC(=O)c1c(Br)c(Br)c(Br)c(Br)c1C(=O)O. The molecule has 0 fully saturated rings. The minimum atomic E-state index is -1.26. The van der Waals surface area contributed by atoms with Gasteiger partial charge in [0.15, 0.2) is 0 Å². The van der Waals surface area contributed by atoms with Crippen LogP contribution in [0.2, 0.25) is 0 Å². The van der Waals surface area contributed by atoms with Crippen molar-refractivity contribution in [3.8, 4) is 0 Å². The fourth-order valence-corrected chi connectivity index (χ4v) is 4.03.